The Balaban J connectivity index is 1.28. The first-order valence-electron chi connectivity index (χ1n) is 12.9. The van der Waals surface area contributed by atoms with Gasteiger partial charge in [-0.2, -0.15) is 0 Å². The zero-order valence-corrected chi connectivity index (χ0v) is 21.8. The van der Waals surface area contributed by atoms with Crippen LogP contribution in [0.25, 0.3) is 5.69 Å². The predicted octanol–water partition coefficient (Wildman–Crippen LogP) is 6.09. The zero-order valence-electron chi connectivity index (χ0n) is 21.1. The Kier molecular flexibility index (Phi) is 5.82. The lowest BCUT2D eigenvalue weighted by atomic mass is 9.79. The highest BCUT2D eigenvalue weighted by molar-refractivity contribution is 6.30. The topological polar surface area (TPSA) is 86.3 Å². The summed E-state index contributed by atoms with van der Waals surface area (Å²) >= 11 is 6.37. The number of carbonyl (C=O) groups excluding carboxylic acids is 1. The third kappa shape index (κ3) is 4.29. The minimum Gasteiger partial charge on any atom is -0.444 e. The van der Waals surface area contributed by atoms with E-state index in [-0.39, 0.29) is 6.09 Å². The van der Waals surface area contributed by atoms with E-state index in [1.807, 2.05) is 39.0 Å². The first-order valence-corrected chi connectivity index (χ1v) is 13.3. The van der Waals surface area contributed by atoms with Gasteiger partial charge in [-0.3, -0.25) is 9.47 Å². The molecule has 36 heavy (non-hydrogen) atoms. The third-order valence-corrected chi connectivity index (χ3v) is 7.83. The lowest BCUT2D eigenvalue weighted by molar-refractivity contribution is 0.0214. The number of hydrogen-bond acceptors (Lipinski definition) is 6. The van der Waals surface area contributed by atoms with Gasteiger partial charge in [-0.1, -0.05) is 16.8 Å². The minimum atomic E-state index is -0.581. The number of aryl methyl sites for hydroxylation is 1. The average molecular weight is 510 g/mol. The Labute approximate surface area is 215 Å². The summed E-state index contributed by atoms with van der Waals surface area (Å²) in [4.78, 5) is 14.7. The van der Waals surface area contributed by atoms with Crippen molar-refractivity contribution >= 4 is 17.7 Å². The van der Waals surface area contributed by atoms with Crippen LogP contribution in [0.2, 0.25) is 5.02 Å². The van der Waals surface area contributed by atoms with E-state index in [4.69, 9.17) is 20.9 Å². The maximum atomic E-state index is 13.0. The van der Waals surface area contributed by atoms with E-state index in [0.29, 0.717) is 29.9 Å². The van der Waals surface area contributed by atoms with Crippen molar-refractivity contribution in [3.8, 4) is 5.69 Å². The average Bonchev–Trinajstić information content (AvgIpc) is 3.52. The van der Waals surface area contributed by atoms with Gasteiger partial charge in [0, 0.05) is 28.8 Å². The van der Waals surface area contributed by atoms with E-state index in [9.17, 15) is 4.79 Å². The number of benzene rings is 1. The summed E-state index contributed by atoms with van der Waals surface area (Å²) in [5.74, 6) is 3.54. The van der Waals surface area contributed by atoms with Crippen LogP contribution < -0.4 is 0 Å². The number of carbonyl (C=O) groups is 1. The highest BCUT2D eigenvalue weighted by atomic mass is 35.5. The van der Waals surface area contributed by atoms with Crippen molar-refractivity contribution in [2.24, 2.45) is 0 Å². The molecule has 2 aliphatic carbocycles. The third-order valence-electron chi connectivity index (χ3n) is 7.59. The van der Waals surface area contributed by atoms with Gasteiger partial charge in [0.05, 0.1) is 24.5 Å². The van der Waals surface area contributed by atoms with Crippen molar-refractivity contribution in [3.05, 3.63) is 57.5 Å². The van der Waals surface area contributed by atoms with Crippen molar-refractivity contribution in [2.75, 3.05) is 0 Å². The summed E-state index contributed by atoms with van der Waals surface area (Å²) in [6, 6.07) is 5.82. The molecule has 3 aliphatic rings. The smallest absolute Gasteiger partial charge is 0.411 e. The summed E-state index contributed by atoms with van der Waals surface area (Å²) in [6.45, 7) is 6.35. The van der Waals surface area contributed by atoms with Gasteiger partial charge in [0.15, 0.2) is 5.82 Å². The highest BCUT2D eigenvalue weighted by Crippen LogP contribution is 2.43. The number of nitrogens with zero attached hydrogens (tertiary/aromatic N) is 5. The molecule has 1 aromatic carbocycles. The lowest BCUT2D eigenvalue weighted by Crippen LogP contribution is -2.35. The molecule has 0 spiro atoms. The Bertz CT molecular complexity index is 1300. The summed E-state index contributed by atoms with van der Waals surface area (Å²) in [5, 5.41) is 14.3. The van der Waals surface area contributed by atoms with E-state index in [1.165, 1.54) is 17.7 Å². The van der Waals surface area contributed by atoms with Crippen molar-refractivity contribution in [3.63, 3.8) is 0 Å². The van der Waals surface area contributed by atoms with Gasteiger partial charge in [0.2, 0.25) is 0 Å². The van der Waals surface area contributed by atoms with Crippen LogP contribution in [0.3, 0.4) is 0 Å². The van der Waals surface area contributed by atoms with Crippen molar-refractivity contribution in [1.29, 1.82) is 0 Å². The second kappa shape index (κ2) is 8.91. The first-order chi connectivity index (χ1) is 17.3. The number of amides is 1. The number of halogens is 1. The molecule has 1 aliphatic heterocycles. The SMILES string of the molecule is CC(C)(C)OC(=O)N1Cc2cc(Cl)ccc2-n2c(nnc2[C@H]2CC[C@H](c3noc4c3CCC4)CC2)C1. The van der Waals surface area contributed by atoms with Crippen molar-refractivity contribution < 1.29 is 14.1 Å². The van der Waals surface area contributed by atoms with Gasteiger partial charge < -0.3 is 9.26 Å². The molecule has 0 unspecified atom stereocenters. The number of hydrogen-bond donors (Lipinski definition) is 0. The second-order valence-corrected chi connectivity index (χ2v) is 11.7. The molecule has 1 saturated carbocycles. The molecule has 0 radical (unpaired) electrons. The second-order valence-electron chi connectivity index (χ2n) is 11.3. The number of rotatable bonds is 2. The molecule has 0 bridgehead atoms. The molecule has 0 saturated heterocycles. The molecule has 0 atom stereocenters. The molecule has 2 aromatic heterocycles. The molecule has 190 valence electrons. The summed E-state index contributed by atoms with van der Waals surface area (Å²) in [6.07, 6.45) is 7.08. The summed E-state index contributed by atoms with van der Waals surface area (Å²) in [7, 11) is 0. The van der Waals surface area contributed by atoms with Crippen molar-refractivity contribution in [2.45, 2.75) is 96.2 Å². The van der Waals surface area contributed by atoms with Gasteiger partial charge >= 0.3 is 6.09 Å². The Hall–Kier alpha value is -2.87. The van der Waals surface area contributed by atoms with E-state index < -0.39 is 5.60 Å². The van der Waals surface area contributed by atoms with Crippen LogP contribution in [-0.2, 0) is 30.7 Å². The fraction of sp³-hybridized carbons (Fsp3) is 0.556. The van der Waals surface area contributed by atoms with Crippen LogP contribution in [0.1, 0.15) is 98.9 Å². The Morgan fingerprint density at radius 3 is 2.64 bits per heavy atom. The van der Waals surface area contributed by atoms with Crippen LogP contribution in [0.15, 0.2) is 22.7 Å². The maximum absolute atomic E-state index is 13.0. The number of aromatic nitrogens is 4. The fourth-order valence-corrected chi connectivity index (χ4v) is 6.13. The van der Waals surface area contributed by atoms with Crippen molar-refractivity contribution in [1.82, 2.24) is 24.8 Å². The molecule has 6 rings (SSSR count). The molecule has 1 fully saturated rings. The van der Waals surface area contributed by atoms with Crippen LogP contribution in [0, 0.1) is 0 Å². The quantitative estimate of drug-likeness (QED) is 0.415. The predicted molar refractivity (Wildman–Crippen MR) is 134 cm³/mol. The van der Waals surface area contributed by atoms with Gasteiger partial charge in [0.1, 0.15) is 17.2 Å². The molecular weight excluding hydrogens is 478 g/mol. The minimum absolute atomic E-state index is 0.291. The standard InChI is InChI=1S/C27H32ClN5O3/c1-27(2,3)35-26(34)32-14-18-13-19(28)11-12-21(18)33-23(15-32)29-30-25(33)17-9-7-16(8-10-17)24-20-5-4-6-22(20)36-31-24/h11-13,16-17H,4-10,14-15H2,1-3H3/t16-,17-. The normalized spacial score (nSPS) is 21.5. The highest BCUT2D eigenvalue weighted by Gasteiger charge is 2.35. The first kappa shape index (κ1) is 23.5. The van der Waals surface area contributed by atoms with Crippen LogP contribution in [0.5, 0.6) is 0 Å². The van der Waals surface area contributed by atoms with E-state index in [1.54, 1.807) is 4.90 Å². The monoisotopic (exact) mass is 509 g/mol. The molecule has 1 amide bonds. The largest absolute Gasteiger partial charge is 0.444 e. The van der Waals surface area contributed by atoms with Gasteiger partial charge in [-0.15, -0.1) is 10.2 Å². The Morgan fingerprint density at radius 1 is 1.08 bits per heavy atom. The van der Waals surface area contributed by atoms with Crippen LogP contribution >= 0.6 is 11.6 Å². The molecule has 8 nitrogen and oxygen atoms in total. The number of fused-ring (bicyclic) bond motifs is 4. The van der Waals surface area contributed by atoms with Gasteiger partial charge in [0.25, 0.3) is 0 Å². The van der Waals surface area contributed by atoms with Crippen LogP contribution in [0.4, 0.5) is 4.79 Å². The van der Waals surface area contributed by atoms with Gasteiger partial charge in [-0.05, 0) is 83.1 Å². The van der Waals surface area contributed by atoms with Crippen LogP contribution in [-0.4, -0.2) is 36.5 Å². The summed E-state index contributed by atoms with van der Waals surface area (Å²) in [5.41, 5.74) is 3.91. The maximum Gasteiger partial charge on any atom is 0.411 e. The zero-order chi connectivity index (χ0) is 25.0. The van der Waals surface area contributed by atoms with E-state index >= 15 is 0 Å². The Morgan fingerprint density at radius 2 is 1.86 bits per heavy atom. The molecular formula is C27H32ClN5O3. The summed E-state index contributed by atoms with van der Waals surface area (Å²) < 4.78 is 13.5. The van der Waals surface area contributed by atoms with E-state index in [2.05, 4.69) is 19.9 Å². The molecule has 0 N–H and O–H groups in total. The molecule has 3 heterocycles. The molecule has 3 aromatic rings. The lowest BCUT2D eigenvalue weighted by Gasteiger charge is -2.27. The van der Waals surface area contributed by atoms with E-state index in [0.717, 1.165) is 67.2 Å². The fourth-order valence-electron chi connectivity index (χ4n) is 5.94. The number of ether oxygens (including phenoxy) is 1. The molecule has 9 heteroatoms. The van der Waals surface area contributed by atoms with Gasteiger partial charge in [-0.25, -0.2) is 4.79 Å².